The number of nitrogens with one attached hydrogen (secondary N) is 2. The molecule has 170 valence electrons. The van der Waals surface area contributed by atoms with Gasteiger partial charge in [0.05, 0.1) is 24.1 Å². The van der Waals surface area contributed by atoms with E-state index in [2.05, 4.69) is 28.8 Å². The summed E-state index contributed by atoms with van der Waals surface area (Å²) in [4.78, 5) is 2.21. The highest BCUT2D eigenvalue weighted by Gasteiger charge is 2.24. The molecule has 2 N–H and O–H groups in total. The molecule has 0 aliphatic carbocycles. The van der Waals surface area contributed by atoms with Gasteiger partial charge in [0.1, 0.15) is 16.4 Å². The molecule has 32 heavy (non-hydrogen) atoms. The van der Waals surface area contributed by atoms with E-state index in [1.807, 2.05) is 6.07 Å². The van der Waals surface area contributed by atoms with Gasteiger partial charge >= 0.3 is 0 Å². The van der Waals surface area contributed by atoms with Gasteiger partial charge in [0.15, 0.2) is 0 Å². The van der Waals surface area contributed by atoms with Gasteiger partial charge < -0.3 is 19.4 Å². The number of halogens is 1. The fourth-order valence-electron chi connectivity index (χ4n) is 4.02. The van der Waals surface area contributed by atoms with E-state index in [0.29, 0.717) is 34.8 Å². The van der Waals surface area contributed by atoms with Crippen molar-refractivity contribution in [3.05, 3.63) is 59.8 Å². The first-order valence-corrected chi connectivity index (χ1v) is 12.2. The number of hydrogen-bond donors (Lipinski definition) is 2. The van der Waals surface area contributed by atoms with Crippen molar-refractivity contribution in [3.8, 4) is 17.1 Å². The minimum Gasteiger partial charge on any atom is -0.495 e. The van der Waals surface area contributed by atoms with Gasteiger partial charge in [-0.15, -0.1) is 0 Å². The zero-order valence-electron chi connectivity index (χ0n) is 18.1. The van der Waals surface area contributed by atoms with Crippen LogP contribution in [0.25, 0.3) is 11.3 Å². The average Bonchev–Trinajstić information content (AvgIpc) is 3.27. The van der Waals surface area contributed by atoms with Crippen molar-refractivity contribution in [2.45, 2.75) is 30.8 Å². The number of methoxy groups -OCH3 is 1. The van der Waals surface area contributed by atoms with Crippen molar-refractivity contribution in [2.75, 3.05) is 29.8 Å². The maximum atomic E-state index is 13.2. The first-order valence-electron chi connectivity index (χ1n) is 10.3. The zero-order valence-corrected chi connectivity index (χ0v) is 19.7. The van der Waals surface area contributed by atoms with Gasteiger partial charge in [0.25, 0.3) is 10.0 Å². The Morgan fingerprint density at radius 3 is 2.50 bits per heavy atom. The fourth-order valence-corrected chi connectivity index (χ4v) is 5.63. The van der Waals surface area contributed by atoms with E-state index in [1.165, 1.54) is 13.2 Å². The summed E-state index contributed by atoms with van der Waals surface area (Å²) in [5, 5.41) is 3.60. The molecule has 1 aliphatic rings. The van der Waals surface area contributed by atoms with Crippen LogP contribution in [0.15, 0.2) is 64.1 Å². The topological polar surface area (TPSA) is 83.8 Å². The summed E-state index contributed by atoms with van der Waals surface area (Å²) < 4.78 is 39.8. The largest absolute Gasteiger partial charge is 0.495 e. The van der Waals surface area contributed by atoms with Crippen LogP contribution in [0.3, 0.4) is 0 Å². The first kappa shape index (κ1) is 22.5. The SMILES string of the molecule is COc1ccc(N2CC(C)NC(C)C2)cc1NS(=O)(=O)c1ccc(-c2ccco2)cc1Cl. The second kappa shape index (κ2) is 9.05. The third-order valence-corrected chi connectivity index (χ3v) is 7.23. The van der Waals surface area contributed by atoms with E-state index in [9.17, 15) is 8.42 Å². The van der Waals surface area contributed by atoms with Gasteiger partial charge in [-0.25, -0.2) is 8.42 Å². The number of hydrogen-bond acceptors (Lipinski definition) is 6. The highest BCUT2D eigenvalue weighted by Crippen LogP contribution is 2.34. The lowest BCUT2D eigenvalue weighted by molar-refractivity contribution is 0.406. The first-order chi connectivity index (χ1) is 15.3. The molecule has 7 nitrogen and oxygen atoms in total. The molecule has 9 heteroatoms. The van der Waals surface area contributed by atoms with Gasteiger partial charge in [0, 0.05) is 36.4 Å². The maximum Gasteiger partial charge on any atom is 0.263 e. The van der Waals surface area contributed by atoms with Gasteiger partial charge in [-0.05, 0) is 62.4 Å². The molecule has 3 aromatic rings. The molecule has 1 saturated heterocycles. The Hall–Kier alpha value is -2.68. The molecule has 2 aromatic carbocycles. The predicted octanol–water partition coefficient (Wildman–Crippen LogP) is 4.60. The zero-order chi connectivity index (χ0) is 22.9. The number of piperazine rings is 1. The number of sulfonamides is 1. The summed E-state index contributed by atoms with van der Waals surface area (Å²) in [5.41, 5.74) is 1.97. The fraction of sp³-hybridized carbons (Fsp3) is 0.304. The number of ether oxygens (including phenoxy) is 1. The molecule has 0 bridgehead atoms. The van der Waals surface area contributed by atoms with Gasteiger partial charge in [-0.2, -0.15) is 0 Å². The summed E-state index contributed by atoms with van der Waals surface area (Å²) in [5.74, 6) is 1.04. The summed E-state index contributed by atoms with van der Waals surface area (Å²) in [6, 6.07) is 14.4. The smallest absolute Gasteiger partial charge is 0.263 e. The Morgan fingerprint density at radius 1 is 1.12 bits per heavy atom. The van der Waals surface area contributed by atoms with Crippen molar-refractivity contribution in [3.63, 3.8) is 0 Å². The monoisotopic (exact) mass is 475 g/mol. The summed E-state index contributed by atoms with van der Waals surface area (Å²) in [6.07, 6.45) is 1.55. The molecule has 0 radical (unpaired) electrons. The van der Waals surface area contributed by atoms with Gasteiger partial charge in [-0.3, -0.25) is 4.72 Å². The van der Waals surface area contributed by atoms with E-state index in [4.69, 9.17) is 20.8 Å². The van der Waals surface area contributed by atoms with Gasteiger partial charge in [-0.1, -0.05) is 11.6 Å². The molecule has 0 spiro atoms. The molecule has 2 heterocycles. The molecule has 0 amide bonds. The maximum absolute atomic E-state index is 13.2. The Balaban J connectivity index is 1.64. The van der Waals surface area contributed by atoms with Crippen molar-refractivity contribution in [2.24, 2.45) is 0 Å². The van der Waals surface area contributed by atoms with Crippen LogP contribution >= 0.6 is 11.6 Å². The average molecular weight is 476 g/mol. The van der Waals surface area contributed by atoms with E-state index in [-0.39, 0.29) is 9.92 Å². The van der Waals surface area contributed by atoms with Crippen LogP contribution in [0.5, 0.6) is 5.75 Å². The summed E-state index contributed by atoms with van der Waals surface area (Å²) in [6.45, 7) is 5.90. The van der Waals surface area contributed by atoms with Crippen LogP contribution in [-0.2, 0) is 10.0 Å². The third-order valence-electron chi connectivity index (χ3n) is 5.38. The lowest BCUT2D eigenvalue weighted by Gasteiger charge is -2.38. The highest BCUT2D eigenvalue weighted by molar-refractivity contribution is 7.92. The van der Waals surface area contributed by atoms with Crippen LogP contribution < -0.4 is 19.7 Å². The van der Waals surface area contributed by atoms with Crippen LogP contribution in [0.1, 0.15) is 13.8 Å². The minimum absolute atomic E-state index is 0.0219. The molecule has 1 fully saturated rings. The Kier molecular flexibility index (Phi) is 6.37. The molecular formula is C23H26ClN3O4S. The number of rotatable bonds is 6. The molecule has 1 aromatic heterocycles. The van der Waals surface area contributed by atoms with Crippen molar-refractivity contribution in [1.29, 1.82) is 0 Å². The van der Waals surface area contributed by atoms with E-state index in [0.717, 1.165) is 18.8 Å². The number of nitrogens with zero attached hydrogens (tertiary/aromatic N) is 1. The lowest BCUT2D eigenvalue weighted by atomic mass is 10.1. The number of furan rings is 1. The number of anilines is 2. The Bertz CT molecular complexity index is 1190. The summed E-state index contributed by atoms with van der Waals surface area (Å²) >= 11 is 6.35. The van der Waals surface area contributed by atoms with Crippen molar-refractivity contribution < 1.29 is 17.6 Å². The summed E-state index contributed by atoms with van der Waals surface area (Å²) in [7, 11) is -2.45. The molecule has 2 atom stereocenters. The van der Waals surface area contributed by atoms with Crippen LogP contribution in [-0.4, -0.2) is 40.7 Å². The second-order valence-electron chi connectivity index (χ2n) is 7.99. The molecule has 2 unspecified atom stereocenters. The lowest BCUT2D eigenvalue weighted by Crippen LogP contribution is -2.54. The van der Waals surface area contributed by atoms with Crippen LogP contribution in [0, 0.1) is 0 Å². The van der Waals surface area contributed by atoms with E-state index >= 15 is 0 Å². The third kappa shape index (κ3) is 4.72. The van der Waals surface area contributed by atoms with Crippen molar-refractivity contribution in [1.82, 2.24) is 5.32 Å². The molecule has 0 saturated carbocycles. The quantitative estimate of drug-likeness (QED) is 0.542. The minimum atomic E-state index is -3.95. The standard InChI is InChI=1S/C23H26ClN3O4S/c1-15-13-27(14-16(2)25-15)18-7-8-22(30-3)20(12-18)26-32(28,29)23-9-6-17(11-19(23)24)21-5-4-10-31-21/h4-12,15-16,25-26H,13-14H2,1-3H3. The van der Waals surface area contributed by atoms with Crippen molar-refractivity contribution >= 4 is 33.0 Å². The molecule has 4 rings (SSSR count). The molecule has 1 aliphatic heterocycles. The number of benzene rings is 2. The molecular weight excluding hydrogens is 450 g/mol. The second-order valence-corrected chi connectivity index (χ2v) is 10.0. The highest BCUT2D eigenvalue weighted by atomic mass is 35.5. The normalized spacial score (nSPS) is 19.1. The Morgan fingerprint density at radius 2 is 1.88 bits per heavy atom. The predicted molar refractivity (Wildman–Crippen MR) is 127 cm³/mol. The van der Waals surface area contributed by atoms with Crippen LogP contribution in [0.2, 0.25) is 5.02 Å². The van der Waals surface area contributed by atoms with E-state index in [1.54, 1.807) is 42.7 Å². The van der Waals surface area contributed by atoms with Gasteiger partial charge in [0.2, 0.25) is 0 Å². The van der Waals surface area contributed by atoms with E-state index < -0.39 is 10.0 Å². The van der Waals surface area contributed by atoms with Crippen LogP contribution in [0.4, 0.5) is 11.4 Å². The Labute approximate surface area is 193 Å².